The molecular formula is C22H24F3N7O. The number of rotatable bonds is 6. The molecule has 0 aliphatic carbocycles. The quantitative estimate of drug-likeness (QED) is 0.477. The molecule has 1 aliphatic rings. The van der Waals surface area contributed by atoms with Gasteiger partial charge in [-0.3, -0.25) is 4.90 Å². The molecule has 0 radical (unpaired) electrons. The van der Waals surface area contributed by atoms with Gasteiger partial charge in [-0.25, -0.2) is 22.7 Å². The number of benzene rings is 1. The lowest BCUT2D eigenvalue weighted by molar-refractivity contribution is 0.00583. The van der Waals surface area contributed by atoms with Crippen molar-refractivity contribution in [3.05, 3.63) is 36.3 Å². The maximum absolute atomic E-state index is 14.3. The van der Waals surface area contributed by atoms with Gasteiger partial charge in [0.15, 0.2) is 0 Å². The number of imidazole rings is 1. The molecule has 4 aromatic rings. The third kappa shape index (κ3) is 3.65. The van der Waals surface area contributed by atoms with E-state index in [0.29, 0.717) is 5.52 Å². The summed E-state index contributed by atoms with van der Waals surface area (Å²) in [5.74, 6) is -1.82. The first kappa shape index (κ1) is 21.5. The summed E-state index contributed by atoms with van der Waals surface area (Å²) in [6.07, 6.45) is 1.73. The molecule has 5 rings (SSSR count). The number of hydrogen-bond donors (Lipinski definition) is 1. The van der Waals surface area contributed by atoms with E-state index in [1.165, 1.54) is 7.11 Å². The minimum absolute atomic E-state index is 0.0635. The molecule has 0 saturated carbocycles. The van der Waals surface area contributed by atoms with Gasteiger partial charge in [-0.05, 0) is 37.7 Å². The molecule has 1 saturated heterocycles. The van der Waals surface area contributed by atoms with Gasteiger partial charge in [0.2, 0.25) is 11.8 Å². The number of ether oxygens (including phenoxy) is 1. The highest BCUT2D eigenvalue weighted by Gasteiger charge is 2.47. The van der Waals surface area contributed by atoms with Gasteiger partial charge in [0.1, 0.15) is 24.1 Å². The van der Waals surface area contributed by atoms with Crippen molar-refractivity contribution < 1.29 is 17.9 Å². The van der Waals surface area contributed by atoms with Crippen LogP contribution < -0.4 is 10.1 Å². The topological polar surface area (TPSA) is 72.5 Å². The van der Waals surface area contributed by atoms with Crippen LogP contribution in [0.4, 0.5) is 19.1 Å². The van der Waals surface area contributed by atoms with Crippen molar-refractivity contribution in [2.75, 3.05) is 39.2 Å². The van der Waals surface area contributed by atoms with Crippen LogP contribution in [0, 0.1) is 6.92 Å². The Labute approximate surface area is 188 Å². The Morgan fingerprint density at radius 2 is 2.06 bits per heavy atom. The van der Waals surface area contributed by atoms with Gasteiger partial charge in [0, 0.05) is 18.3 Å². The molecule has 0 bridgehead atoms. The maximum Gasteiger partial charge on any atom is 0.281 e. The number of hydrogen-bond acceptors (Lipinski definition) is 6. The van der Waals surface area contributed by atoms with Crippen molar-refractivity contribution in [3.8, 4) is 17.0 Å². The first-order valence-electron chi connectivity index (χ1n) is 10.6. The Morgan fingerprint density at radius 1 is 1.24 bits per heavy atom. The second-order valence-electron chi connectivity index (χ2n) is 8.33. The number of aromatic nitrogens is 5. The van der Waals surface area contributed by atoms with Crippen LogP contribution in [0.5, 0.6) is 5.88 Å². The van der Waals surface area contributed by atoms with E-state index in [4.69, 9.17) is 4.74 Å². The third-order valence-corrected chi connectivity index (χ3v) is 6.02. The number of likely N-dealkylation sites (N-methyl/N-ethyl adjacent to an activating group) is 1. The first-order chi connectivity index (χ1) is 15.8. The molecule has 1 atom stereocenters. The van der Waals surface area contributed by atoms with Gasteiger partial charge in [0.05, 0.1) is 31.2 Å². The fraction of sp³-hybridized carbons (Fsp3) is 0.409. The Morgan fingerprint density at radius 3 is 2.76 bits per heavy atom. The lowest BCUT2D eigenvalue weighted by Gasteiger charge is -2.19. The summed E-state index contributed by atoms with van der Waals surface area (Å²) in [4.78, 5) is 10.4. The van der Waals surface area contributed by atoms with E-state index in [1.54, 1.807) is 22.7 Å². The zero-order valence-electron chi connectivity index (χ0n) is 18.5. The number of aryl methyl sites for hydroxylation is 2. The van der Waals surface area contributed by atoms with Gasteiger partial charge in [0.25, 0.3) is 5.92 Å². The smallest absolute Gasteiger partial charge is 0.281 e. The molecule has 174 valence electrons. The van der Waals surface area contributed by atoms with Gasteiger partial charge in [-0.1, -0.05) is 6.07 Å². The molecule has 1 fully saturated rings. The first-order valence-corrected chi connectivity index (χ1v) is 10.6. The summed E-state index contributed by atoms with van der Waals surface area (Å²) in [5, 5.41) is 7.16. The highest BCUT2D eigenvalue weighted by molar-refractivity contribution is 5.89. The van der Waals surface area contributed by atoms with Gasteiger partial charge in [-0.2, -0.15) is 4.98 Å². The average molecular weight is 459 g/mol. The summed E-state index contributed by atoms with van der Waals surface area (Å²) in [6.45, 7) is 1.45. The predicted molar refractivity (Wildman–Crippen MR) is 119 cm³/mol. The van der Waals surface area contributed by atoms with Gasteiger partial charge in [-0.15, -0.1) is 5.10 Å². The number of alkyl halides is 3. The molecule has 1 unspecified atom stereocenters. The number of nitrogens with one attached hydrogen (secondary N) is 1. The van der Waals surface area contributed by atoms with E-state index in [-0.39, 0.29) is 31.5 Å². The van der Waals surface area contributed by atoms with E-state index in [9.17, 15) is 13.2 Å². The van der Waals surface area contributed by atoms with Crippen LogP contribution in [-0.2, 0) is 6.54 Å². The van der Waals surface area contributed by atoms with E-state index < -0.39 is 18.6 Å². The third-order valence-electron chi connectivity index (χ3n) is 6.02. The lowest BCUT2D eigenvalue weighted by Crippen LogP contribution is -2.38. The van der Waals surface area contributed by atoms with E-state index in [1.807, 2.05) is 35.8 Å². The Hall–Kier alpha value is -3.34. The Bertz CT molecular complexity index is 1330. The minimum atomic E-state index is -2.89. The summed E-state index contributed by atoms with van der Waals surface area (Å²) in [7, 11) is 3.13. The molecular weight excluding hydrogens is 435 g/mol. The molecule has 0 spiro atoms. The molecule has 1 aliphatic heterocycles. The Balaban J connectivity index is 1.56. The minimum Gasteiger partial charge on any atom is -0.479 e. The van der Waals surface area contributed by atoms with Crippen molar-refractivity contribution in [2.45, 2.75) is 25.4 Å². The normalized spacial score (nSPS) is 18.4. The van der Waals surface area contributed by atoms with Crippen LogP contribution in [0.1, 0.15) is 5.82 Å². The predicted octanol–water partition coefficient (Wildman–Crippen LogP) is 3.39. The second kappa shape index (κ2) is 7.91. The van der Waals surface area contributed by atoms with Crippen LogP contribution in [0.3, 0.4) is 0 Å². The zero-order valence-corrected chi connectivity index (χ0v) is 18.5. The van der Waals surface area contributed by atoms with Crippen molar-refractivity contribution >= 4 is 22.5 Å². The van der Waals surface area contributed by atoms with Crippen LogP contribution in [0.15, 0.2) is 30.5 Å². The van der Waals surface area contributed by atoms with E-state index in [2.05, 4.69) is 20.4 Å². The number of halogens is 3. The van der Waals surface area contributed by atoms with Crippen LogP contribution >= 0.6 is 0 Å². The summed E-state index contributed by atoms with van der Waals surface area (Å²) in [6, 6.07) is 6.52. The number of fused-ring (bicyclic) bond motifs is 2. The monoisotopic (exact) mass is 459 g/mol. The molecule has 1 N–H and O–H groups in total. The highest BCUT2D eigenvalue weighted by Crippen LogP contribution is 2.34. The van der Waals surface area contributed by atoms with Gasteiger partial charge >= 0.3 is 0 Å². The summed E-state index contributed by atoms with van der Waals surface area (Å²) < 4.78 is 50.5. The van der Waals surface area contributed by atoms with Crippen molar-refractivity contribution in [1.82, 2.24) is 29.0 Å². The molecule has 8 nitrogen and oxygen atoms in total. The maximum atomic E-state index is 14.3. The van der Waals surface area contributed by atoms with Crippen LogP contribution in [0.2, 0.25) is 0 Å². The van der Waals surface area contributed by atoms with Crippen molar-refractivity contribution in [1.29, 1.82) is 0 Å². The van der Waals surface area contributed by atoms with Crippen molar-refractivity contribution in [2.24, 2.45) is 0 Å². The largest absolute Gasteiger partial charge is 0.479 e. The molecule has 0 amide bonds. The standard InChI is InChI=1S/C22H24F3N7O/c1-13-26-16-5-4-14(10-17(16)31(13)9-7-23)15-6-8-32-19(15)20(33-3)28-21(29-32)27-18-11-30(2)12-22(18,24)25/h4-6,8,10,18H,7,9,11-12H2,1-3H3,(H,27,29). The number of nitrogens with zero attached hydrogens (tertiary/aromatic N) is 6. The van der Waals surface area contributed by atoms with E-state index >= 15 is 0 Å². The van der Waals surface area contributed by atoms with Crippen molar-refractivity contribution in [3.63, 3.8) is 0 Å². The fourth-order valence-electron chi connectivity index (χ4n) is 4.49. The fourth-order valence-corrected chi connectivity index (χ4v) is 4.49. The zero-order chi connectivity index (χ0) is 23.3. The molecule has 33 heavy (non-hydrogen) atoms. The summed E-state index contributed by atoms with van der Waals surface area (Å²) in [5.41, 5.74) is 3.87. The Kier molecular flexibility index (Phi) is 5.15. The molecule has 1 aromatic carbocycles. The van der Waals surface area contributed by atoms with Gasteiger partial charge < -0.3 is 14.6 Å². The molecule has 3 aromatic heterocycles. The van der Waals surface area contributed by atoms with Crippen LogP contribution in [0.25, 0.3) is 27.7 Å². The SMILES string of the molecule is COc1nc(NC2CN(C)CC2(F)F)nn2ccc(-c3ccc4nc(C)n(CCF)c4c3)c12. The average Bonchev–Trinajstić information content (AvgIpc) is 3.40. The molecule has 11 heteroatoms. The second-order valence-corrected chi connectivity index (χ2v) is 8.33. The van der Waals surface area contributed by atoms with Crippen LogP contribution in [-0.4, -0.2) is 74.9 Å². The highest BCUT2D eigenvalue weighted by atomic mass is 19.3. The van der Waals surface area contributed by atoms with E-state index in [0.717, 1.165) is 28.0 Å². The lowest BCUT2D eigenvalue weighted by atomic mass is 10.1. The number of anilines is 1. The summed E-state index contributed by atoms with van der Waals surface area (Å²) >= 11 is 0. The number of methoxy groups -OCH3 is 1. The number of likely N-dealkylation sites (tertiary alicyclic amines) is 1. The molecule has 4 heterocycles.